The van der Waals surface area contributed by atoms with Crippen molar-refractivity contribution in [1.82, 2.24) is 0 Å². The fourth-order valence-corrected chi connectivity index (χ4v) is 1.81. The standard InChI is InChI=1S/C11H20O4S/c1-13-4-5-14-6-7-15-10(12)8-11(9-16)2-3-11/h16H,2-9H2,1H3. The third-order valence-electron chi connectivity index (χ3n) is 2.73. The molecule has 0 spiro atoms. The minimum atomic E-state index is -0.137. The Labute approximate surface area is 102 Å². The van der Waals surface area contributed by atoms with Crippen LogP contribution in [0.4, 0.5) is 0 Å². The summed E-state index contributed by atoms with van der Waals surface area (Å²) >= 11 is 4.24. The van der Waals surface area contributed by atoms with E-state index < -0.39 is 0 Å². The molecule has 0 atom stereocenters. The normalized spacial score (nSPS) is 17.1. The van der Waals surface area contributed by atoms with Crippen LogP contribution in [0.2, 0.25) is 0 Å². The van der Waals surface area contributed by atoms with Gasteiger partial charge in [0.1, 0.15) is 6.61 Å². The van der Waals surface area contributed by atoms with Crippen LogP contribution in [0.5, 0.6) is 0 Å². The summed E-state index contributed by atoms with van der Waals surface area (Å²) in [5.41, 5.74) is 0.136. The summed E-state index contributed by atoms with van der Waals surface area (Å²) in [6.07, 6.45) is 2.68. The number of carbonyl (C=O) groups excluding carboxylic acids is 1. The number of thiol groups is 1. The highest BCUT2D eigenvalue weighted by Gasteiger charge is 2.43. The maximum Gasteiger partial charge on any atom is 0.306 e. The van der Waals surface area contributed by atoms with Crippen molar-refractivity contribution in [3.8, 4) is 0 Å². The molecule has 0 aromatic carbocycles. The Balaban J connectivity index is 1.94. The minimum absolute atomic E-state index is 0.136. The summed E-state index contributed by atoms with van der Waals surface area (Å²) in [4.78, 5) is 11.4. The largest absolute Gasteiger partial charge is 0.463 e. The number of ether oxygens (including phenoxy) is 3. The molecule has 5 heteroatoms. The molecule has 0 heterocycles. The van der Waals surface area contributed by atoms with Crippen molar-refractivity contribution in [3.63, 3.8) is 0 Å². The first-order chi connectivity index (χ1) is 7.72. The molecule has 0 amide bonds. The maximum absolute atomic E-state index is 11.4. The molecule has 0 bridgehead atoms. The van der Waals surface area contributed by atoms with Gasteiger partial charge in [0.2, 0.25) is 0 Å². The molecule has 0 aromatic rings. The van der Waals surface area contributed by atoms with Crippen molar-refractivity contribution in [2.24, 2.45) is 5.41 Å². The van der Waals surface area contributed by atoms with Crippen molar-refractivity contribution < 1.29 is 19.0 Å². The minimum Gasteiger partial charge on any atom is -0.463 e. The van der Waals surface area contributed by atoms with E-state index in [2.05, 4.69) is 12.6 Å². The molecule has 4 nitrogen and oxygen atoms in total. The molecule has 0 N–H and O–H groups in total. The average molecular weight is 248 g/mol. The number of esters is 1. The molecule has 0 saturated heterocycles. The van der Waals surface area contributed by atoms with E-state index >= 15 is 0 Å². The molecule has 0 radical (unpaired) electrons. The molecule has 1 rings (SSSR count). The van der Waals surface area contributed by atoms with Gasteiger partial charge in [-0.05, 0) is 24.0 Å². The lowest BCUT2D eigenvalue weighted by molar-refractivity contribution is -0.146. The van der Waals surface area contributed by atoms with Crippen LogP contribution in [-0.4, -0.2) is 45.3 Å². The van der Waals surface area contributed by atoms with Gasteiger partial charge in [-0.15, -0.1) is 0 Å². The fourth-order valence-electron chi connectivity index (χ4n) is 1.38. The molecule has 1 fully saturated rings. The van der Waals surface area contributed by atoms with Crippen LogP contribution in [0.15, 0.2) is 0 Å². The molecule has 0 aromatic heterocycles. The summed E-state index contributed by atoms with van der Waals surface area (Å²) in [7, 11) is 1.62. The van der Waals surface area contributed by atoms with E-state index in [0.29, 0.717) is 32.8 Å². The van der Waals surface area contributed by atoms with Crippen LogP contribution < -0.4 is 0 Å². The number of hydrogen-bond acceptors (Lipinski definition) is 5. The lowest BCUT2D eigenvalue weighted by Crippen LogP contribution is -2.16. The predicted octanol–water partition coefficient (Wildman–Crippen LogP) is 1.29. The zero-order chi connectivity index (χ0) is 11.9. The quantitative estimate of drug-likeness (QED) is 0.379. The zero-order valence-electron chi connectivity index (χ0n) is 9.74. The van der Waals surface area contributed by atoms with Crippen LogP contribution in [0.25, 0.3) is 0 Å². The van der Waals surface area contributed by atoms with E-state index in [1.165, 1.54) is 0 Å². The zero-order valence-corrected chi connectivity index (χ0v) is 10.6. The maximum atomic E-state index is 11.4. The first-order valence-corrected chi connectivity index (χ1v) is 6.19. The van der Waals surface area contributed by atoms with Crippen LogP contribution in [0, 0.1) is 5.41 Å². The Kier molecular flexibility index (Phi) is 6.16. The highest BCUT2D eigenvalue weighted by atomic mass is 32.1. The number of rotatable bonds is 9. The van der Waals surface area contributed by atoms with Crippen LogP contribution in [0.1, 0.15) is 19.3 Å². The van der Waals surface area contributed by atoms with Gasteiger partial charge in [0, 0.05) is 7.11 Å². The molecular weight excluding hydrogens is 228 g/mol. The number of hydrogen-bond donors (Lipinski definition) is 1. The van der Waals surface area contributed by atoms with Gasteiger partial charge >= 0.3 is 5.97 Å². The molecule has 94 valence electrons. The van der Waals surface area contributed by atoms with Gasteiger partial charge in [-0.1, -0.05) is 0 Å². The van der Waals surface area contributed by atoms with Gasteiger partial charge in [-0.25, -0.2) is 0 Å². The van der Waals surface area contributed by atoms with Gasteiger partial charge in [-0.2, -0.15) is 12.6 Å². The fraction of sp³-hybridized carbons (Fsp3) is 0.909. The topological polar surface area (TPSA) is 44.8 Å². The van der Waals surface area contributed by atoms with Gasteiger partial charge in [0.25, 0.3) is 0 Å². The third-order valence-corrected chi connectivity index (χ3v) is 3.41. The Morgan fingerprint density at radius 1 is 1.25 bits per heavy atom. The van der Waals surface area contributed by atoms with E-state index in [9.17, 15) is 4.79 Å². The van der Waals surface area contributed by atoms with E-state index in [0.717, 1.165) is 18.6 Å². The van der Waals surface area contributed by atoms with Crippen molar-refractivity contribution in [1.29, 1.82) is 0 Å². The molecule has 1 aliphatic rings. The number of carbonyl (C=O) groups is 1. The Morgan fingerprint density at radius 2 is 1.94 bits per heavy atom. The van der Waals surface area contributed by atoms with Crippen molar-refractivity contribution in [2.45, 2.75) is 19.3 Å². The second kappa shape index (κ2) is 7.14. The summed E-state index contributed by atoms with van der Waals surface area (Å²) in [5, 5.41) is 0. The average Bonchev–Trinajstić information content (AvgIpc) is 3.04. The third kappa shape index (κ3) is 5.18. The first kappa shape index (κ1) is 13.8. The van der Waals surface area contributed by atoms with Crippen LogP contribution >= 0.6 is 12.6 Å². The van der Waals surface area contributed by atoms with Crippen molar-refractivity contribution in [3.05, 3.63) is 0 Å². The summed E-state index contributed by atoms with van der Waals surface area (Å²) in [5.74, 6) is 0.633. The van der Waals surface area contributed by atoms with Gasteiger partial charge in [0.15, 0.2) is 0 Å². The lowest BCUT2D eigenvalue weighted by Gasteiger charge is -2.11. The molecule has 0 unspecified atom stereocenters. The Hall–Kier alpha value is -0.260. The van der Waals surface area contributed by atoms with E-state index in [1.807, 2.05) is 0 Å². The van der Waals surface area contributed by atoms with Crippen LogP contribution in [-0.2, 0) is 19.0 Å². The Morgan fingerprint density at radius 3 is 2.50 bits per heavy atom. The lowest BCUT2D eigenvalue weighted by atomic mass is 10.1. The molecular formula is C11H20O4S. The monoisotopic (exact) mass is 248 g/mol. The number of methoxy groups -OCH3 is 1. The molecule has 16 heavy (non-hydrogen) atoms. The van der Waals surface area contributed by atoms with E-state index in [4.69, 9.17) is 14.2 Å². The van der Waals surface area contributed by atoms with E-state index in [-0.39, 0.29) is 11.4 Å². The summed E-state index contributed by atoms with van der Waals surface area (Å²) in [6, 6.07) is 0. The smallest absolute Gasteiger partial charge is 0.306 e. The van der Waals surface area contributed by atoms with E-state index in [1.54, 1.807) is 7.11 Å². The predicted molar refractivity (Wildman–Crippen MR) is 63.8 cm³/mol. The SMILES string of the molecule is COCCOCCOC(=O)CC1(CS)CC1. The summed E-state index contributed by atoms with van der Waals surface area (Å²) in [6.45, 7) is 1.86. The van der Waals surface area contributed by atoms with Gasteiger partial charge in [-0.3, -0.25) is 4.79 Å². The van der Waals surface area contributed by atoms with Gasteiger partial charge < -0.3 is 14.2 Å². The van der Waals surface area contributed by atoms with Gasteiger partial charge in [0.05, 0.1) is 26.2 Å². The second-order valence-electron chi connectivity index (χ2n) is 4.16. The summed E-state index contributed by atoms with van der Waals surface area (Å²) < 4.78 is 15.1. The molecule has 1 saturated carbocycles. The molecule has 0 aliphatic heterocycles. The molecule has 1 aliphatic carbocycles. The second-order valence-corrected chi connectivity index (χ2v) is 4.48. The van der Waals surface area contributed by atoms with Crippen molar-refractivity contribution in [2.75, 3.05) is 39.3 Å². The van der Waals surface area contributed by atoms with Crippen molar-refractivity contribution >= 4 is 18.6 Å². The Bertz CT molecular complexity index is 216. The van der Waals surface area contributed by atoms with Crippen LogP contribution in [0.3, 0.4) is 0 Å². The highest BCUT2D eigenvalue weighted by molar-refractivity contribution is 7.80. The highest BCUT2D eigenvalue weighted by Crippen LogP contribution is 2.49. The first-order valence-electron chi connectivity index (χ1n) is 5.56.